The van der Waals surface area contributed by atoms with Gasteiger partial charge in [0.1, 0.15) is 5.69 Å². The number of ether oxygens (including phenoxy) is 1. The highest BCUT2D eigenvalue weighted by atomic mass is 16.6. The van der Waals surface area contributed by atoms with Crippen LogP contribution in [-0.4, -0.2) is 39.2 Å². The fraction of sp³-hybridized carbons (Fsp3) is 0.143. The van der Waals surface area contributed by atoms with E-state index >= 15 is 0 Å². The molecule has 0 aliphatic carbocycles. The van der Waals surface area contributed by atoms with Crippen LogP contribution in [0.5, 0.6) is 11.5 Å². The summed E-state index contributed by atoms with van der Waals surface area (Å²) in [6.45, 7) is 1.58. The number of nitro groups is 1. The van der Waals surface area contributed by atoms with Gasteiger partial charge in [-0.05, 0) is 19.1 Å². The molecule has 0 aliphatic rings. The maximum Gasteiger partial charge on any atom is 0.345 e. The number of rotatable bonds is 5. The van der Waals surface area contributed by atoms with Crippen molar-refractivity contribution in [2.24, 2.45) is 5.10 Å². The number of carbonyl (C=O) groups is 1. The number of aromatic nitrogens is 2. The van der Waals surface area contributed by atoms with Gasteiger partial charge >= 0.3 is 5.69 Å². The summed E-state index contributed by atoms with van der Waals surface area (Å²) in [5, 5.41) is 24.3. The second-order valence-corrected chi connectivity index (χ2v) is 4.79. The van der Waals surface area contributed by atoms with Gasteiger partial charge in [-0.3, -0.25) is 14.9 Å². The molecule has 1 aromatic carbocycles. The Morgan fingerprint density at radius 2 is 2.20 bits per heavy atom. The highest BCUT2D eigenvalue weighted by Crippen LogP contribution is 2.32. The normalized spacial score (nSPS) is 10.6. The third kappa shape index (κ3) is 4.16. The Labute approximate surface area is 140 Å². The van der Waals surface area contributed by atoms with E-state index in [1.165, 1.54) is 13.2 Å². The maximum absolute atomic E-state index is 11.9. The molecule has 3 N–H and O–H groups in total. The van der Waals surface area contributed by atoms with Crippen LogP contribution in [0.1, 0.15) is 21.7 Å². The number of aryl methyl sites for hydroxylation is 1. The summed E-state index contributed by atoms with van der Waals surface area (Å²) in [6.07, 6.45) is 0.981. The number of benzene rings is 1. The van der Waals surface area contributed by atoms with Gasteiger partial charge in [0.25, 0.3) is 11.6 Å². The second-order valence-electron chi connectivity index (χ2n) is 4.79. The maximum atomic E-state index is 11.9. The lowest BCUT2D eigenvalue weighted by Gasteiger charge is -2.05. The van der Waals surface area contributed by atoms with E-state index in [2.05, 4.69) is 20.5 Å². The largest absolute Gasteiger partial charge is 0.504 e. The van der Waals surface area contributed by atoms with Gasteiger partial charge in [-0.15, -0.1) is 0 Å². The van der Waals surface area contributed by atoms with Crippen LogP contribution >= 0.6 is 0 Å². The van der Waals surface area contributed by atoms with Crippen LogP contribution < -0.4 is 15.9 Å². The summed E-state index contributed by atoms with van der Waals surface area (Å²) in [4.78, 5) is 39.4. The van der Waals surface area contributed by atoms with Crippen LogP contribution in [-0.2, 0) is 0 Å². The minimum Gasteiger partial charge on any atom is -0.504 e. The average Bonchev–Trinajstić information content (AvgIpc) is 2.53. The number of hydrazone groups is 1. The van der Waals surface area contributed by atoms with Gasteiger partial charge < -0.3 is 14.8 Å². The number of H-pyrrole nitrogens is 1. The minimum atomic E-state index is -0.772. The summed E-state index contributed by atoms with van der Waals surface area (Å²) in [7, 11) is 1.25. The van der Waals surface area contributed by atoms with Crippen molar-refractivity contribution in [2.75, 3.05) is 7.11 Å². The number of phenols is 1. The molecule has 0 bridgehead atoms. The molecular weight excluding hydrogens is 334 g/mol. The molecule has 0 spiro atoms. The quantitative estimate of drug-likeness (QED) is 0.402. The number of carbonyl (C=O) groups excluding carboxylic acids is 1. The number of aromatic amines is 1. The van der Waals surface area contributed by atoms with Gasteiger partial charge in [0.05, 0.1) is 29.9 Å². The Morgan fingerprint density at radius 3 is 2.80 bits per heavy atom. The predicted molar refractivity (Wildman–Crippen MR) is 86.0 cm³/mol. The van der Waals surface area contributed by atoms with E-state index < -0.39 is 16.5 Å². The lowest BCUT2D eigenvalue weighted by Crippen LogP contribution is -2.24. The Balaban J connectivity index is 2.24. The molecule has 130 valence electrons. The number of hydrogen-bond acceptors (Lipinski definition) is 8. The van der Waals surface area contributed by atoms with E-state index in [4.69, 9.17) is 4.74 Å². The lowest BCUT2D eigenvalue weighted by atomic mass is 10.1. The molecule has 11 heteroatoms. The molecule has 0 unspecified atom stereocenters. The van der Waals surface area contributed by atoms with Crippen LogP contribution in [0.25, 0.3) is 0 Å². The number of nitro benzene ring substituents is 1. The van der Waals surface area contributed by atoms with Crippen molar-refractivity contribution < 1.29 is 19.6 Å². The van der Waals surface area contributed by atoms with Crippen molar-refractivity contribution >= 4 is 17.8 Å². The fourth-order valence-electron chi connectivity index (χ4n) is 1.91. The number of nitrogens with one attached hydrogen (secondary N) is 2. The molecule has 1 aromatic heterocycles. The van der Waals surface area contributed by atoms with Crippen LogP contribution in [0.15, 0.2) is 28.1 Å². The third-order valence-electron chi connectivity index (χ3n) is 3.01. The molecule has 1 heterocycles. The number of phenolic OH excluding ortho intramolecular Hbond substituents is 1. The molecule has 0 fully saturated rings. The number of amides is 1. The zero-order chi connectivity index (χ0) is 18.6. The van der Waals surface area contributed by atoms with Gasteiger partial charge in [0.15, 0.2) is 11.5 Å². The number of hydrogen-bond donors (Lipinski definition) is 3. The Kier molecular flexibility index (Phi) is 5.07. The first kappa shape index (κ1) is 17.6. The summed E-state index contributed by atoms with van der Waals surface area (Å²) in [6, 6.07) is 3.44. The van der Waals surface area contributed by atoms with E-state index in [0.717, 1.165) is 18.3 Å². The van der Waals surface area contributed by atoms with Crippen molar-refractivity contribution in [3.63, 3.8) is 0 Å². The molecule has 2 aromatic rings. The Morgan fingerprint density at radius 1 is 1.48 bits per heavy atom. The smallest absolute Gasteiger partial charge is 0.345 e. The van der Waals surface area contributed by atoms with Crippen LogP contribution in [0.2, 0.25) is 0 Å². The van der Waals surface area contributed by atoms with Gasteiger partial charge in [-0.2, -0.15) is 10.1 Å². The number of aromatic hydroxyl groups is 1. The zero-order valence-corrected chi connectivity index (χ0v) is 13.1. The first-order valence-electron chi connectivity index (χ1n) is 6.78. The number of methoxy groups -OCH3 is 1. The molecule has 0 radical (unpaired) electrons. The van der Waals surface area contributed by atoms with Crippen LogP contribution in [0.4, 0.5) is 5.69 Å². The summed E-state index contributed by atoms with van der Waals surface area (Å²) < 4.78 is 4.80. The van der Waals surface area contributed by atoms with Gasteiger partial charge in [0, 0.05) is 5.69 Å². The molecule has 0 aliphatic heterocycles. The molecule has 0 saturated carbocycles. The van der Waals surface area contributed by atoms with Crippen molar-refractivity contribution in [2.45, 2.75) is 6.92 Å². The van der Waals surface area contributed by atoms with Crippen molar-refractivity contribution in [3.8, 4) is 11.5 Å². The van der Waals surface area contributed by atoms with E-state index in [-0.39, 0.29) is 28.4 Å². The zero-order valence-electron chi connectivity index (χ0n) is 13.1. The highest BCUT2D eigenvalue weighted by molar-refractivity contribution is 5.93. The topological polar surface area (TPSA) is 160 Å². The van der Waals surface area contributed by atoms with Crippen molar-refractivity contribution in [3.05, 3.63) is 55.7 Å². The van der Waals surface area contributed by atoms with Gasteiger partial charge in [0.2, 0.25) is 0 Å². The standard InChI is InChI=1S/C14H13N5O6/c1-7-3-9(17-14(22)16-7)13(21)18-15-6-8-4-11(20)12(25-2)5-10(8)19(23)24/h3-6,20H,1-2H3,(H,18,21)(H,16,17,22)/b15-6+. The molecule has 11 nitrogen and oxygen atoms in total. The van der Waals surface area contributed by atoms with Crippen LogP contribution in [0.3, 0.4) is 0 Å². The SMILES string of the molecule is COc1cc([N+](=O)[O-])c(/C=N/NC(=O)c2cc(C)[nH]c(=O)n2)cc1O. The molecule has 1 amide bonds. The lowest BCUT2D eigenvalue weighted by molar-refractivity contribution is -0.385. The summed E-state index contributed by atoms with van der Waals surface area (Å²) in [5.74, 6) is -1.17. The molecule has 25 heavy (non-hydrogen) atoms. The second kappa shape index (κ2) is 7.21. The monoisotopic (exact) mass is 347 g/mol. The molecule has 2 rings (SSSR count). The first-order chi connectivity index (χ1) is 11.8. The average molecular weight is 347 g/mol. The van der Waals surface area contributed by atoms with E-state index in [1.54, 1.807) is 6.92 Å². The highest BCUT2D eigenvalue weighted by Gasteiger charge is 2.17. The van der Waals surface area contributed by atoms with Crippen molar-refractivity contribution in [1.29, 1.82) is 0 Å². The number of nitrogens with zero attached hydrogens (tertiary/aromatic N) is 3. The van der Waals surface area contributed by atoms with Crippen LogP contribution in [0, 0.1) is 17.0 Å². The molecule has 0 saturated heterocycles. The Hall–Kier alpha value is -3.76. The fourth-order valence-corrected chi connectivity index (χ4v) is 1.91. The van der Waals surface area contributed by atoms with E-state index in [1.807, 2.05) is 0 Å². The van der Waals surface area contributed by atoms with E-state index in [0.29, 0.717) is 5.69 Å². The van der Waals surface area contributed by atoms with Gasteiger partial charge in [-0.1, -0.05) is 0 Å². The summed E-state index contributed by atoms with van der Waals surface area (Å²) >= 11 is 0. The molecule has 0 atom stereocenters. The van der Waals surface area contributed by atoms with E-state index in [9.17, 15) is 24.8 Å². The van der Waals surface area contributed by atoms with Crippen molar-refractivity contribution in [1.82, 2.24) is 15.4 Å². The first-order valence-corrected chi connectivity index (χ1v) is 6.78. The molecular formula is C14H13N5O6. The predicted octanol–water partition coefficient (Wildman–Crippen LogP) is 0.465. The summed E-state index contributed by atoms with van der Waals surface area (Å²) in [5.41, 5.74) is 1.25. The Bertz CT molecular complexity index is 920. The third-order valence-corrected chi connectivity index (χ3v) is 3.01. The minimum absolute atomic E-state index is 0.0568. The van der Waals surface area contributed by atoms with Gasteiger partial charge in [-0.25, -0.2) is 10.2 Å².